The smallest absolute Gasteiger partial charge is 0.220 e. The summed E-state index contributed by atoms with van der Waals surface area (Å²) < 4.78 is 0. The maximum absolute atomic E-state index is 12.2. The van der Waals surface area contributed by atoms with Crippen LogP contribution in [0.15, 0.2) is 60.7 Å². The Morgan fingerprint density at radius 2 is 1.73 bits per heavy atom. The number of carbonyl (C=O) groups excluding carboxylic acids is 1. The predicted molar refractivity (Wildman–Crippen MR) is 107 cm³/mol. The van der Waals surface area contributed by atoms with Crippen LogP contribution in [0.3, 0.4) is 0 Å². The fraction of sp³-hybridized carbons (Fsp3) is 0.227. The van der Waals surface area contributed by atoms with Crippen LogP contribution in [0.2, 0.25) is 0 Å². The molecule has 0 aliphatic carbocycles. The molecule has 0 aliphatic heterocycles. The lowest BCUT2D eigenvalue weighted by molar-refractivity contribution is -0.121. The third kappa shape index (κ3) is 3.49. The molecule has 0 unspecified atom stereocenters. The van der Waals surface area contributed by atoms with Gasteiger partial charge in [-0.25, -0.2) is 0 Å². The van der Waals surface area contributed by atoms with Crippen molar-refractivity contribution >= 4 is 22.4 Å². The number of anilines is 1. The first-order valence-corrected chi connectivity index (χ1v) is 8.78. The summed E-state index contributed by atoms with van der Waals surface area (Å²) in [5.74, 6) is 0.126. The highest BCUT2D eigenvalue weighted by atomic mass is 16.3. The molecule has 0 spiro atoms. The Balaban J connectivity index is 2.16. The van der Waals surface area contributed by atoms with Gasteiger partial charge in [-0.2, -0.15) is 0 Å². The van der Waals surface area contributed by atoms with Crippen LogP contribution in [0, 0.1) is 0 Å². The molecule has 3 rings (SSSR count). The van der Waals surface area contributed by atoms with E-state index in [-0.39, 0.29) is 11.7 Å². The van der Waals surface area contributed by atoms with E-state index in [0.717, 1.165) is 27.6 Å². The first-order valence-electron chi connectivity index (χ1n) is 8.78. The molecule has 0 heterocycles. The first kappa shape index (κ1) is 17.8. The minimum atomic E-state index is -0.412. The molecule has 3 aromatic rings. The molecular weight excluding hydrogens is 324 g/mol. The molecule has 0 radical (unpaired) electrons. The quantitative estimate of drug-likeness (QED) is 0.725. The van der Waals surface area contributed by atoms with Crippen LogP contribution in [0.4, 0.5) is 5.69 Å². The number of benzene rings is 3. The number of carbonyl (C=O) groups is 1. The molecule has 0 bridgehead atoms. The van der Waals surface area contributed by atoms with Crippen molar-refractivity contribution in [2.24, 2.45) is 0 Å². The maximum atomic E-state index is 12.2. The van der Waals surface area contributed by atoms with E-state index in [1.54, 1.807) is 6.07 Å². The van der Waals surface area contributed by atoms with Crippen molar-refractivity contribution in [1.29, 1.82) is 0 Å². The highest BCUT2D eigenvalue weighted by Crippen LogP contribution is 2.36. The number of nitrogens with zero attached hydrogens (tertiary/aromatic N) is 1. The largest absolute Gasteiger partial charge is 0.508 e. The van der Waals surface area contributed by atoms with E-state index in [0.29, 0.717) is 6.42 Å². The van der Waals surface area contributed by atoms with Gasteiger partial charge in [0.15, 0.2) is 0 Å². The highest BCUT2D eigenvalue weighted by molar-refractivity contribution is 5.89. The maximum Gasteiger partial charge on any atom is 0.220 e. The fourth-order valence-corrected chi connectivity index (χ4v) is 3.14. The van der Waals surface area contributed by atoms with Crippen molar-refractivity contribution in [3.05, 3.63) is 71.8 Å². The number of aromatic hydroxyl groups is 1. The van der Waals surface area contributed by atoms with Crippen molar-refractivity contribution in [2.75, 3.05) is 19.0 Å². The Morgan fingerprint density at radius 3 is 2.38 bits per heavy atom. The van der Waals surface area contributed by atoms with Crippen LogP contribution in [-0.2, 0) is 4.79 Å². The molecule has 0 aliphatic rings. The molecule has 1 atom stereocenters. The molecule has 0 saturated heterocycles. The van der Waals surface area contributed by atoms with Crippen LogP contribution in [0.1, 0.15) is 30.5 Å². The number of nitrogens with one attached hydrogen (secondary N) is 1. The van der Waals surface area contributed by atoms with Crippen LogP contribution in [-0.4, -0.2) is 25.1 Å². The summed E-state index contributed by atoms with van der Waals surface area (Å²) in [6.07, 6.45) is 0.387. The van der Waals surface area contributed by atoms with Gasteiger partial charge in [-0.05, 0) is 34.5 Å². The third-order valence-corrected chi connectivity index (χ3v) is 4.61. The summed E-state index contributed by atoms with van der Waals surface area (Å²) >= 11 is 0. The SMILES string of the molecule is CCC(=O)N[C@H](c1ccc(N(C)C)cc1)c1c(O)ccc2ccccc12. The summed E-state index contributed by atoms with van der Waals surface area (Å²) in [7, 11) is 3.98. The van der Waals surface area contributed by atoms with Crippen LogP contribution in [0.5, 0.6) is 5.75 Å². The number of hydrogen-bond donors (Lipinski definition) is 2. The number of fused-ring (bicyclic) bond motifs is 1. The van der Waals surface area contributed by atoms with Gasteiger partial charge in [0.25, 0.3) is 0 Å². The van der Waals surface area contributed by atoms with E-state index >= 15 is 0 Å². The van der Waals surface area contributed by atoms with Crippen LogP contribution < -0.4 is 10.2 Å². The summed E-state index contributed by atoms with van der Waals surface area (Å²) in [5.41, 5.74) is 2.74. The van der Waals surface area contributed by atoms with E-state index in [2.05, 4.69) is 5.32 Å². The molecule has 0 saturated carbocycles. The zero-order chi connectivity index (χ0) is 18.7. The lowest BCUT2D eigenvalue weighted by Crippen LogP contribution is -2.28. The van der Waals surface area contributed by atoms with Crippen molar-refractivity contribution in [1.82, 2.24) is 5.32 Å². The van der Waals surface area contributed by atoms with Gasteiger partial charge >= 0.3 is 0 Å². The van der Waals surface area contributed by atoms with Crippen molar-refractivity contribution < 1.29 is 9.90 Å². The Bertz CT molecular complexity index is 917. The summed E-state index contributed by atoms with van der Waals surface area (Å²) in [5, 5.41) is 15.6. The van der Waals surface area contributed by atoms with Gasteiger partial charge in [0, 0.05) is 31.8 Å². The second-order valence-electron chi connectivity index (χ2n) is 6.56. The highest BCUT2D eigenvalue weighted by Gasteiger charge is 2.22. The number of rotatable bonds is 5. The third-order valence-electron chi connectivity index (χ3n) is 4.61. The van der Waals surface area contributed by atoms with E-state index in [1.165, 1.54) is 0 Å². The van der Waals surface area contributed by atoms with Gasteiger partial charge in [-0.3, -0.25) is 4.79 Å². The number of amides is 1. The average Bonchev–Trinajstić information content (AvgIpc) is 2.66. The summed E-state index contributed by atoms with van der Waals surface area (Å²) in [4.78, 5) is 14.2. The second kappa shape index (κ2) is 7.48. The Kier molecular flexibility index (Phi) is 5.12. The monoisotopic (exact) mass is 348 g/mol. The van der Waals surface area contributed by atoms with Crippen LogP contribution in [0.25, 0.3) is 10.8 Å². The van der Waals surface area contributed by atoms with Crippen molar-refractivity contribution in [2.45, 2.75) is 19.4 Å². The van der Waals surface area contributed by atoms with E-state index in [1.807, 2.05) is 80.5 Å². The van der Waals surface area contributed by atoms with Crippen molar-refractivity contribution in [3.8, 4) is 5.75 Å². The molecule has 2 N–H and O–H groups in total. The minimum Gasteiger partial charge on any atom is -0.508 e. The Labute approximate surface area is 154 Å². The molecule has 26 heavy (non-hydrogen) atoms. The summed E-state index contributed by atoms with van der Waals surface area (Å²) in [6.45, 7) is 1.82. The Hall–Kier alpha value is -3.01. The molecule has 134 valence electrons. The molecule has 1 amide bonds. The van der Waals surface area contributed by atoms with E-state index in [4.69, 9.17) is 0 Å². The van der Waals surface area contributed by atoms with E-state index in [9.17, 15) is 9.90 Å². The molecule has 0 fully saturated rings. The fourth-order valence-electron chi connectivity index (χ4n) is 3.14. The predicted octanol–water partition coefficient (Wildman–Crippen LogP) is 4.23. The van der Waals surface area contributed by atoms with Gasteiger partial charge in [0.1, 0.15) is 5.75 Å². The zero-order valence-electron chi connectivity index (χ0n) is 15.4. The number of phenolic OH excluding ortho intramolecular Hbond substituents is 1. The lowest BCUT2D eigenvalue weighted by Gasteiger charge is -2.23. The molecule has 0 aromatic heterocycles. The van der Waals surface area contributed by atoms with Crippen molar-refractivity contribution in [3.63, 3.8) is 0 Å². The molecule has 4 heteroatoms. The topological polar surface area (TPSA) is 52.6 Å². The first-order chi connectivity index (χ1) is 12.5. The summed E-state index contributed by atoms with van der Waals surface area (Å²) in [6, 6.07) is 19.1. The van der Waals surface area contributed by atoms with Gasteiger partial charge in [0.2, 0.25) is 5.91 Å². The lowest BCUT2D eigenvalue weighted by atomic mass is 9.92. The zero-order valence-corrected chi connectivity index (χ0v) is 15.4. The molecular formula is C22H24N2O2. The van der Waals surface area contributed by atoms with Gasteiger partial charge in [-0.1, -0.05) is 49.4 Å². The number of hydrogen-bond acceptors (Lipinski definition) is 3. The van der Waals surface area contributed by atoms with Crippen LogP contribution >= 0.6 is 0 Å². The van der Waals surface area contributed by atoms with Gasteiger partial charge in [0.05, 0.1) is 6.04 Å². The normalized spacial score (nSPS) is 12.0. The van der Waals surface area contributed by atoms with E-state index < -0.39 is 6.04 Å². The minimum absolute atomic E-state index is 0.0565. The molecule has 3 aromatic carbocycles. The molecule has 4 nitrogen and oxygen atoms in total. The Morgan fingerprint density at radius 1 is 1.04 bits per heavy atom. The van der Waals surface area contributed by atoms with Gasteiger partial charge in [-0.15, -0.1) is 0 Å². The number of phenols is 1. The van der Waals surface area contributed by atoms with Gasteiger partial charge < -0.3 is 15.3 Å². The standard InChI is InChI=1S/C22H24N2O2/c1-4-20(26)23-22(16-9-12-17(13-10-16)24(2)3)21-18-8-6-5-7-15(18)11-14-19(21)25/h5-14,22,25H,4H2,1-3H3,(H,23,26)/t22-/m1/s1. The second-order valence-corrected chi connectivity index (χ2v) is 6.56. The average molecular weight is 348 g/mol.